The van der Waals surface area contributed by atoms with Crippen molar-refractivity contribution < 1.29 is 9.59 Å². The Morgan fingerprint density at radius 2 is 2.08 bits per heavy atom. The summed E-state index contributed by atoms with van der Waals surface area (Å²) in [4.78, 5) is 26.2. The van der Waals surface area contributed by atoms with Crippen molar-refractivity contribution in [2.75, 3.05) is 18.4 Å². The number of amides is 3. The quantitative estimate of drug-likeness (QED) is 0.892. The predicted octanol–water partition coefficient (Wildman–Crippen LogP) is 1.92. The van der Waals surface area contributed by atoms with E-state index >= 15 is 0 Å². The van der Waals surface area contributed by atoms with E-state index in [0.717, 1.165) is 5.56 Å². The standard InChI is InChI=1S/C18H23N5O2/c1-13(2)16-17(24)19-9-11-23(16)18(25)20-15-8-10-22(21-15)12-14-6-4-3-5-7-14/h3-8,10,13,16H,9,11-12H2,1-2H3,(H,19,24)(H,20,21,25)/t16-/m0/s1. The first-order chi connectivity index (χ1) is 12.0. The Bertz CT molecular complexity index is 741. The molecular formula is C18H23N5O2. The topological polar surface area (TPSA) is 79.3 Å². The molecule has 1 saturated heterocycles. The van der Waals surface area contributed by atoms with Gasteiger partial charge >= 0.3 is 6.03 Å². The summed E-state index contributed by atoms with van der Waals surface area (Å²) in [5.74, 6) is 0.419. The lowest BCUT2D eigenvalue weighted by molar-refractivity contribution is -0.129. The number of nitrogens with one attached hydrogen (secondary N) is 2. The average molecular weight is 341 g/mol. The number of benzene rings is 1. The van der Waals surface area contributed by atoms with Crippen LogP contribution in [0, 0.1) is 5.92 Å². The van der Waals surface area contributed by atoms with Gasteiger partial charge in [0.2, 0.25) is 5.91 Å². The Morgan fingerprint density at radius 1 is 1.32 bits per heavy atom. The summed E-state index contributed by atoms with van der Waals surface area (Å²) >= 11 is 0. The molecule has 2 heterocycles. The maximum atomic E-state index is 12.6. The average Bonchev–Trinajstić information content (AvgIpc) is 3.02. The molecule has 25 heavy (non-hydrogen) atoms. The first kappa shape index (κ1) is 17.0. The summed E-state index contributed by atoms with van der Waals surface area (Å²) in [6, 6.07) is 11.0. The Morgan fingerprint density at radius 3 is 2.80 bits per heavy atom. The van der Waals surface area contributed by atoms with Crippen LogP contribution in [0.25, 0.3) is 0 Å². The number of hydrogen-bond donors (Lipinski definition) is 2. The Hall–Kier alpha value is -2.83. The minimum atomic E-state index is -0.458. The van der Waals surface area contributed by atoms with Crippen LogP contribution < -0.4 is 10.6 Å². The van der Waals surface area contributed by atoms with Crippen LogP contribution in [0.1, 0.15) is 19.4 Å². The highest BCUT2D eigenvalue weighted by Gasteiger charge is 2.35. The Kier molecular flexibility index (Phi) is 5.02. The molecule has 1 atom stereocenters. The van der Waals surface area contributed by atoms with Crippen molar-refractivity contribution >= 4 is 17.8 Å². The van der Waals surface area contributed by atoms with Crippen molar-refractivity contribution in [3.8, 4) is 0 Å². The number of urea groups is 1. The van der Waals surface area contributed by atoms with Crippen molar-refractivity contribution in [1.29, 1.82) is 0 Å². The van der Waals surface area contributed by atoms with Crippen LogP contribution in [-0.4, -0.2) is 45.8 Å². The van der Waals surface area contributed by atoms with Gasteiger partial charge in [0, 0.05) is 25.4 Å². The maximum absolute atomic E-state index is 12.6. The van der Waals surface area contributed by atoms with E-state index in [1.807, 2.05) is 50.4 Å². The molecule has 0 radical (unpaired) electrons. The molecule has 3 amide bonds. The zero-order valence-corrected chi connectivity index (χ0v) is 14.5. The zero-order chi connectivity index (χ0) is 17.8. The fourth-order valence-corrected chi connectivity index (χ4v) is 3.04. The lowest BCUT2D eigenvalue weighted by Gasteiger charge is -2.36. The summed E-state index contributed by atoms with van der Waals surface area (Å²) in [5.41, 5.74) is 1.14. The van der Waals surface area contributed by atoms with Gasteiger partial charge in [0.05, 0.1) is 6.54 Å². The lowest BCUT2D eigenvalue weighted by Crippen LogP contribution is -2.60. The molecule has 0 unspecified atom stereocenters. The number of nitrogens with zero attached hydrogens (tertiary/aromatic N) is 3. The van der Waals surface area contributed by atoms with Crippen LogP contribution in [-0.2, 0) is 11.3 Å². The van der Waals surface area contributed by atoms with Gasteiger partial charge in [-0.05, 0) is 11.5 Å². The van der Waals surface area contributed by atoms with Gasteiger partial charge in [-0.3, -0.25) is 14.8 Å². The van der Waals surface area contributed by atoms with E-state index in [0.29, 0.717) is 25.5 Å². The smallest absolute Gasteiger partial charge is 0.323 e. The normalized spacial score (nSPS) is 17.5. The second kappa shape index (κ2) is 7.38. The predicted molar refractivity (Wildman–Crippen MR) is 95.1 cm³/mol. The van der Waals surface area contributed by atoms with Gasteiger partial charge < -0.3 is 10.2 Å². The molecule has 7 nitrogen and oxygen atoms in total. The minimum Gasteiger partial charge on any atom is -0.353 e. The van der Waals surface area contributed by atoms with Crippen molar-refractivity contribution in [3.05, 3.63) is 48.2 Å². The van der Waals surface area contributed by atoms with E-state index < -0.39 is 6.04 Å². The fraction of sp³-hybridized carbons (Fsp3) is 0.389. The molecule has 0 spiro atoms. The fourth-order valence-electron chi connectivity index (χ4n) is 3.04. The van der Waals surface area contributed by atoms with Crippen LogP contribution in [0.2, 0.25) is 0 Å². The summed E-state index contributed by atoms with van der Waals surface area (Å²) in [5, 5.41) is 10.00. The highest BCUT2D eigenvalue weighted by Crippen LogP contribution is 2.16. The third-order valence-electron chi connectivity index (χ3n) is 4.21. The third-order valence-corrected chi connectivity index (χ3v) is 4.21. The van der Waals surface area contributed by atoms with E-state index in [9.17, 15) is 9.59 Å². The molecule has 1 aromatic carbocycles. The van der Waals surface area contributed by atoms with Gasteiger partial charge in [-0.25, -0.2) is 4.79 Å². The molecule has 7 heteroatoms. The molecule has 1 aliphatic heterocycles. The van der Waals surface area contributed by atoms with Gasteiger partial charge in [0.1, 0.15) is 6.04 Å². The van der Waals surface area contributed by atoms with Crippen molar-refractivity contribution in [2.24, 2.45) is 5.92 Å². The number of carbonyl (C=O) groups excluding carboxylic acids is 2. The first-order valence-corrected chi connectivity index (χ1v) is 8.47. The number of piperazine rings is 1. The number of rotatable bonds is 4. The highest BCUT2D eigenvalue weighted by molar-refractivity contribution is 5.94. The van der Waals surface area contributed by atoms with Crippen LogP contribution >= 0.6 is 0 Å². The number of hydrogen-bond acceptors (Lipinski definition) is 3. The number of carbonyl (C=O) groups is 2. The minimum absolute atomic E-state index is 0.0432. The molecule has 1 aliphatic rings. The summed E-state index contributed by atoms with van der Waals surface area (Å²) < 4.78 is 1.77. The number of aromatic nitrogens is 2. The summed E-state index contributed by atoms with van der Waals surface area (Å²) in [7, 11) is 0. The molecule has 2 aromatic rings. The van der Waals surface area contributed by atoms with Crippen LogP contribution in [0.4, 0.5) is 10.6 Å². The largest absolute Gasteiger partial charge is 0.353 e. The van der Waals surface area contributed by atoms with Crippen LogP contribution in [0.3, 0.4) is 0 Å². The van der Waals surface area contributed by atoms with E-state index in [1.165, 1.54) is 0 Å². The Labute approximate surface area is 147 Å². The van der Waals surface area contributed by atoms with Crippen molar-refractivity contribution in [1.82, 2.24) is 20.0 Å². The summed E-state index contributed by atoms with van der Waals surface area (Å²) in [6.45, 7) is 5.47. The van der Waals surface area contributed by atoms with E-state index in [2.05, 4.69) is 15.7 Å². The molecular weight excluding hydrogens is 318 g/mol. The molecule has 0 aliphatic carbocycles. The molecule has 132 valence electrons. The van der Waals surface area contributed by atoms with Crippen molar-refractivity contribution in [3.63, 3.8) is 0 Å². The monoisotopic (exact) mass is 341 g/mol. The second-order valence-electron chi connectivity index (χ2n) is 6.49. The van der Waals surface area contributed by atoms with Gasteiger partial charge in [-0.15, -0.1) is 0 Å². The first-order valence-electron chi connectivity index (χ1n) is 8.47. The van der Waals surface area contributed by atoms with Gasteiger partial charge in [0.25, 0.3) is 0 Å². The molecule has 1 fully saturated rings. The highest BCUT2D eigenvalue weighted by atomic mass is 16.2. The van der Waals surface area contributed by atoms with Gasteiger partial charge in [-0.2, -0.15) is 5.10 Å². The lowest BCUT2D eigenvalue weighted by atomic mass is 10.00. The Balaban J connectivity index is 1.65. The third kappa shape index (κ3) is 3.99. The van der Waals surface area contributed by atoms with E-state index in [-0.39, 0.29) is 17.9 Å². The van der Waals surface area contributed by atoms with E-state index in [4.69, 9.17) is 0 Å². The molecule has 0 bridgehead atoms. The molecule has 2 N–H and O–H groups in total. The van der Waals surface area contributed by atoms with Crippen LogP contribution in [0.5, 0.6) is 0 Å². The maximum Gasteiger partial charge on any atom is 0.323 e. The van der Waals surface area contributed by atoms with Gasteiger partial charge in [-0.1, -0.05) is 44.2 Å². The zero-order valence-electron chi connectivity index (χ0n) is 14.5. The van der Waals surface area contributed by atoms with Gasteiger partial charge in [0.15, 0.2) is 5.82 Å². The van der Waals surface area contributed by atoms with E-state index in [1.54, 1.807) is 15.6 Å². The molecule has 1 aromatic heterocycles. The second-order valence-corrected chi connectivity index (χ2v) is 6.49. The SMILES string of the molecule is CC(C)[C@H]1C(=O)NCCN1C(=O)Nc1ccn(Cc2ccccc2)n1. The number of anilines is 1. The molecule has 3 rings (SSSR count). The van der Waals surface area contributed by atoms with Crippen LogP contribution in [0.15, 0.2) is 42.6 Å². The van der Waals surface area contributed by atoms with Crippen molar-refractivity contribution in [2.45, 2.75) is 26.4 Å². The summed E-state index contributed by atoms with van der Waals surface area (Å²) in [6.07, 6.45) is 1.82. The molecule has 0 saturated carbocycles.